The van der Waals surface area contributed by atoms with Crippen molar-refractivity contribution in [1.82, 2.24) is 9.47 Å². The summed E-state index contributed by atoms with van der Waals surface area (Å²) in [5, 5.41) is 0. The molecule has 4 nitrogen and oxygen atoms in total. The van der Waals surface area contributed by atoms with E-state index in [4.69, 9.17) is 0 Å². The molecule has 1 heterocycles. The van der Waals surface area contributed by atoms with E-state index in [1.54, 1.807) is 18.1 Å². The van der Waals surface area contributed by atoms with Crippen molar-refractivity contribution in [2.24, 2.45) is 12.5 Å². The van der Waals surface area contributed by atoms with Crippen molar-refractivity contribution < 1.29 is 4.79 Å². The molecule has 1 saturated carbocycles. The van der Waals surface area contributed by atoms with Crippen molar-refractivity contribution in [3.8, 4) is 0 Å². The number of nitrogens with zero attached hydrogens (tertiary/aromatic N) is 2. The second-order valence-corrected chi connectivity index (χ2v) is 7.97. The van der Waals surface area contributed by atoms with Gasteiger partial charge in [-0.05, 0) is 24.3 Å². The number of hydrogen-bond donors (Lipinski definition) is 0. The fraction of sp³-hybridized carbons (Fsp3) is 0.429. The highest BCUT2D eigenvalue weighted by molar-refractivity contribution is 5.93. The normalized spacial score (nSPS) is 21.0. The molecule has 3 rings (SSSR count). The van der Waals surface area contributed by atoms with Crippen molar-refractivity contribution in [2.75, 3.05) is 13.6 Å². The van der Waals surface area contributed by atoms with Crippen molar-refractivity contribution in [3.63, 3.8) is 0 Å². The van der Waals surface area contributed by atoms with Crippen LogP contribution in [0.4, 0.5) is 0 Å². The molecule has 1 aromatic carbocycles. The van der Waals surface area contributed by atoms with Gasteiger partial charge in [0, 0.05) is 44.0 Å². The van der Waals surface area contributed by atoms with Crippen LogP contribution in [0.5, 0.6) is 0 Å². The lowest BCUT2D eigenvalue weighted by atomic mass is 9.87. The highest BCUT2D eigenvalue weighted by Crippen LogP contribution is 2.64. The number of hydrogen-bond acceptors (Lipinski definition) is 2. The van der Waals surface area contributed by atoms with Crippen LogP contribution < -0.4 is 5.43 Å². The van der Waals surface area contributed by atoms with E-state index in [0.717, 1.165) is 12.1 Å². The molecular weight excluding hydrogens is 312 g/mol. The van der Waals surface area contributed by atoms with Gasteiger partial charge in [0.15, 0.2) is 5.43 Å². The van der Waals surface area contributed by atoms with Crippen LogP contribution in [0.3, 0.4) is 0 Å². The van der Waals surface area contributed by atoms with E-state index in [-0.39, 0.29) is 27.7 Å². The Morgan fingerprint density at radius 1 is 1.24 bits per heavy atom. The molecule has 1 fully saturated rings. The van der Waals surface area contributed by atoms with E-state index in [2.05, 4.69) is 26.0 Å². The van der Waals surface area contributed by atoms with Gasteiger partial charge in [-0.1, -0.05) is 44.2 Å². The fourth-order valence-electron chi connectivity index (χ4n) is 3.89. The van der Waals surface area contributed by atoms with Gasteiger partial charge in [0.05, 0.1) is 0 Å². The van der Waals surface area contributed by atoms with Gasteiger partial charge < -0.3 is 9.47 Å². The molecule has 0 aliphatic heterocycles. The lowest BCUT2D eigenvalue weighted by Gasteiger charge is -2.28. The Morgan fingerprint density at radius 3 is 2.40 bits per heavy atom. The zero-order valence-corrected chi connectivity index (χ0v) is 15.7. The van der Waals surface area contributed by atoms with Gasteiger partial charge in [-0.2, -0.15) is 0 Å². The van der Waals surface area contributed by atoms with E-state index >= 15 is 0 Å². The minimum absolute atomic E-state index is 0.0470. The van der Waals surface area contributed by atoms with E-state index in [1.807, 2.05) is 36.7 Å². The summed E-state index contributed by atoms with van der Waals surface area (Å²) < 4.78 is 1.82. The number of rotatable bonds is 4. The number of likely N-dealkylation sites (N-methyl/N-ethyl adjacent to an activating group) is 1. The molecule has 1 atom stereocenters. The van der Waals surface area contributed by atoms with Crippen LogP contribution >= 0.6 is 0 Å². The number of carbonyl (C=O) groups excluding carboxylic acids is 1. The molecule has 1 aromatic heterocycles. The molecule has 0 radical (unpaired) electrons. The van der Waals surface area contributed by atoms with E-state index in [9.17, 15) is 9.59 Å². The SMILES string of the molecule is Cc1cc(=O)c(C(=O)N(C)C[C@@]2(c3ccccc3)CC2(C)C)cn1C. The summed E-state index contributed by atoms with van der Waals surface area (Å²) in [6.45, 7) is 6.95. The minimum Gasteiger partial charge on any atom is -0.354 e. The fourth-order valence-corrected chi connectivity index (χ4v) is 3.89. The maximum absolute atomic E-state index is 12.9. The summed E-state index contributed by atoms with van der Waals surface area (Å²) in [5.41, 5.74) is 2.22. The zero-order valence-electron chi connectivity index (χ0n) is 15.7. The lowest BCUT2D eigenvalue weighted by molar-refractivity contribution is 0.0773. The van der Waals surface area contributed by atoms with Gasteiger partial charge in [0.1, 0.15) is 5.56 Å². The van der Waals surface area contributed by atoms with Gasteiger partial charge >= 0.3 is 0 Å². The van der Waals surface area contributed by atoms with Crippen LogP contribution in [-0.4, -0.2) is 29.0 Å². The molecule has 2 aromatic rings. The monoisotopic (exact) mass is 338 g/mol. The quantitative estimate of drug-likeness (QED) is 0.859. The van der Waals surface area contributed by atoms with Crippen LogP contribution in [0.1, 0.15) is 41.9 Å². The summed E-state index contributed by atoms with van der Waals surface area (Å²) >= 11 is 0. The van der Waals surface area contributed by atoms with Crippen LogP contribution in [0.15, 0.2) is 47.4 Å². The maximum Gasteiger partial charge on any atom is 0.259 e. The molecule has 1 aliphatic rings. The number of amides is 1. The molecule has 0 N–H and O–H groups in total. The van der Waals surface area contributed by atoms with Gasteiger partial charge in [-0.15, -0.1) is 0 Å². The van der Waals surface area contributed by atoms with Gasteiger partial charge in [-0.25, -0.2) is 0 Å². The topological polar surface area (TPSA) is 42.3 Å². The van der Waals surface area contributed by atoms with Crippen LogP contribution in [0.2, 0.25) is 0 Å². The summed E-state index contributed by atoms with van der Waals surface area (Å²) in [4.78, 5) is 26.8. The third kappa shape index (κ3) is 2.90. The molecule has 1 aliphatic carbocycles. The Hall–Kier alpha value is -2.36. The molecule has 0 saturated heterocycles. The first kappa shape index (κ1) is 17.5. The smallest absolute Gasteiger partial charge is 0.259 e. The van der Waals surface area contributed by atoms with Crippen molar-refractivity contribution >= 4 is 5.91 Å². The second-order valence-electron chi connectivity index (χ2n) is 7.97. The summed E-state index contributed by atoms with van der Waals surface area (Å²) in [6.07, 6.45) is 2.68. The lowest BCUT2D eigenvalue weighted by Crippen LogP contribution is -2.38. The Morgan fingerprint density at radius 2 is 1.84 bits per heavy atom. The van der Waals surface area contributed by atoms with Crippen LogP contribution in [0, 0.1) is 12.3 Å². The average molecular weight is 338 g/mol. The van der Waals surface area contributed by atoms with Crippen LogP contribution in [-0.2, 0) is 12.5 Å². The number of carbonyl (C=O) groups is 1. The molecule has 132 valence electrons. The molecule has 25 heavy (non-hydrogen) atoms. The molecule has 0 bridgehead atoms. The molecule has 1 amide bonds. The second kappa shape index (κ2) is 5.87. The van der Waals surface area contributed by atoms with Crippen molar-refractivity contribution in [3.05, 3.63) is 69.6 Å². The predicted octanol–water partition coefficient (Wildman–Crippen LogP) is 3.13. The predicted molar refractivity (Wildman–Crippen MR) is 99.9 cm³/mol. The molecule has 4 heteroatoms. The Kier molecular flexibility index (Phi) is 4.10. The van der Waals surface area contributed by atoms with Gasteiger partial charge in [0.2, 0.25) is 0 Å². The summed E-state index contributed by atoms with van der Waals surface area (Å²) in [7, 11) is 3.64. The third-order valence-corrected chi connectivity index (χ3v) is 5.81. The van der Waals surface area contributed by atoms with Crippen LogP contribution in [0.25, 0.3) is 0 Å². The number of aryl methyl sites for hydroxylation is 2. The first-order valence-corrected chi connectivity index (χ1v) is 8.66. The van der Waals surface area contributed by atoms with Gasteiger partial charge in [0.25, 0.3) is 5.91 Å². The third-order valence-electron chi connectivity index (χ3n) is 5.81. The maximum atomic E-state index is 12.9. The molecule has 0 unspecified atom stereocenters. The van der Waals surface area contributed by atoms with Gasteiger partial charge in [-0.3, -0.25) is 9.59 Å². The largest absolute Gasteiger partial charge is 0.354 e. The van der Waals surface area contributed by atoms with E-state index < -0.39 is 0 Å². The zero-order chi connectivity index (χ0) is 18.4. The Labute approximate surface area is 149 Å². The van der Waals surface area contributed by atoms with E-state index in [1.165, 1.54) is 11.6 Å². The first-order chi connectivity index (χ1) is 11.7. The number of pyridine rings is 1. The number of benzene rings is 1. The molecular formula is C21H26N2O2. The van der Waals surface area contributed by atoms with E-state index in [0.29, 0.717) is 6.54 Å². The van der Waals surface area contributed by atoms with Crippen molar-refractivity contribution in [1.29, 1.82) is 0 Å². The minimum atomic E-state index is -0.212. The first-order valence-electron chi connectivity index (χ1n) is 8.66. The summed E-state index contributed by atoms with van der Waals surface area (Å²) in [6, 6.07) is 11.9. The number of aromatic nitrogens is 1. The Bertz CT molecular complexity index is 867. The molecule has 0 spiro atoms. The summed E-state index contributed by atoms with van der Waals surface area (Å²) in [5.74, 6) is -0.210. The highest BCUT2D eigenvalue weighted by Gasteiger charge is 2.62. The average Bonchev–Trinajstić information content (AvgIpc) is 3.13. The Balaban J connectivity index is 1.89. The standard InChI is InChI=1S/C21H26N2O2/c1-15-11-18(24)17(12-22(15)4)19(25)23(5)14-21(13-20(21,2)3)16-9-7-6-8-10-16/h6-12H,13-14H2,1-5H3/t21-/m1/s1. The highest BCUT2D eigenvalue weighted by atomic mass is 16.2. The van der Waals surface area contributed by atoms with Crippen molar-refractivity contribution in [2.45, 2.75) is 32.6 Å².